The first-order valence-corrected chi connectivity index (χ1v) is 9.07. The normalized spacial score (nSPS) is 27.7. The highest BCUT2D eigenvalue weighted by Crippen LogP contribution is 2.52. The van der Waals surface area contributed by atoms with Crippen LogP contribution >= 0.6 is 0 Å². The zero-order chi connectivity index (χ0) is 18.7. The summed E-state index contributed by atoms with van der Waals surface area (Å²) in [4.78, 5) is 36.6. The summed E-state index contributed by atoms with van der Waals surface area (Å²) in [6.07, 6.45) is 4.14. The second kappa shape index (κ2) is 5.56. The molecule has 1 aliphatic carbocycles. The van der Waals surface area contributed by atoms with Gasteiger partial charge in [-0.05, 0) is 45.4 Å². The van der Waals surface area contributed by atoms with E-state index in [1.807, 2.05) is 20.8 Å². The number of fused-ring (bicyclic) bond motifs is 1. The molecule has 0 unspecified atom stereocenters. The van der Waals surface area contributed by atoms with Crippen molar-refractivity contribution >= 4 is 23.6 Å². The Bertz CT molecular complexity index is 767. The van der Waals surface area contributed by atoms with Crippen LogP contribution in [0, 0.1) is 5.41 Å². The smallest absolute Gasteiger partial charge is 0.410 e. The van der Waals surface area contributed by atoms with Gasteiger partial charge in [-0.2, -0.15) is 0 Å². The molecule has 1 aromatic rings. The standard InChI is InChI=1S/C18H25N5O3/c1-17(2,3)26-16(25)22-5-4-18(9-22)7-11(8-18)23-13(24)6-12-14(19)20-10-21-15(12)23/h10-11H,4-9H2,1-3H3,(H2,19,20,21). The van der Waals surface area contributed by atoms with Gasteiger partial charge in [0.25, 0.3) is 0 Å². The number of carbonyl (C=O) groups is 2. The molecule has 0 bridgehead atoms. The lowest BCUT2D eigenvalue weighted by Crippen LogP contribution is -2.53. The van der Waals surface area contributed by atoms with Crippen LogP contribution in [0.15, 0.2) is 6.33 Å². The summed E-state index contributed by atoms with van der Waals surface area (Å²) in [6, 6.07) is 0.122. The number of ether oxygens (including phenoxy) is 1. The first-order valence-electron chi connectivity index (χ1n) is 9.07. The van der Waals surface area contributed by atoms with E-state index in [1.54, 1.807) is 9.80 Å². The molecular weight excluding hydrogens is 334 g/mol. The van der Waals surface area contributed by atoms with Gasteiger partial charge in [0, 0.05) is 24.7 Å². The Morgan fingerprint density at radius 1 is 1.35 bits per heavy atom. The van der Waals surface area contributed by atoms with Crippen molar-refractivity contribution in [1.29, 1.82) is 0 Å². The molecule has 140 valence electrons. The number of carbonyl (C=O) groups excluding carboxylic acids is 2. The predicted molar refractivity (Wildman–Crippen MR) is 95.5 cm³/mol. The van der Waals surface area contributed by atoms with Crippen LogP contribution in [0.1, 0.15) is 45.6 Å². The quantitative estimate of drug-likeness (QED) is 0.819. The SMILES string of the molecule is CC(C)(C)OC(=O)N1CCC2(CC(N3C(=O)Cc4c(N)ncnc43)C2)C1. The summed E-state index contributed by atoms with van der Waals surface area (Å²) >= 11 is 0. The fourth-order valence-corrected chi connectivity index (χ4v) is 4.40. The minimum absolute atomic E-state index is 0.0362. The van der Waals surface area contributed by atoms with Gasteiger partial charge in [-0.15, -0.1) is 0 Å². The number of aromatic nitrogens is 2. The molecule has 1 aromatic heterocycles. The Hall–Kier alpha value is -2.38. The van der Waals surface area contributed by atoms with Crippen molar-refractivity contribution in [2.75, 3.05) is 23.7 Å². The van der Waals surface area contributed by atoms with Crippen LogP contribution in [0.25, 0.3) is 0 Å². The monoisotopic (exact) mass is 359 g/mol. The summed E-state index contributed by atoms with van der Waals surface area (Å²) < 4.78 is 5.48. The van der Waals surface area contributed by atoms with Crippen LogP contribution < -0.4 is 10.6 Å². The number of anilines is 2. The first-order chi connectivity index (χ1) is 12.2. The lowest BCUT2D eigenvalue weighted by Gasteiger charge is -2.48. The lowest BCUT2D eigenvalue weighted by atomic mass is 9.64. The second-order valence-electron chi connectivity index (χ2n) is 8.72. The summed E-state index contributed by atoms with van der Waals surface area (Å²) in [6.45, 7) is 7.03. The molecule has 0 aromatic carbocycles. The van der Waals surface area contributed by atoms with E-state index in [0.29, 0.717) is 24.7 Å². The van der Waals surface area contributed by atoms with Crippen LogP contribution in [0.4, 0.5) is 16.4 Å². The minimum Gasteiger partial charge on any atom is -0.444 e. The summed E-state index contributed by atoms with van der Waals surface area (Å²) in [7, 11) is 0. The Kier molecular flexibility index (Phi) is 3.65. The maximum absolute atomic E-state index is 12.5. The summed E-state index contributed by atoms with van der Waals surface area (Å²) in [5.41, 5.74) is 6.22. The molecule has 2 amide bonds. The van der Waals surface area contributed by atoms with Gasteiger partial charge in [-0.1, -0.05) is 0 Å². The molecule has 8 nitrogen and oxygen atoms in total. The highest BCUT2D eigenvalue weighted by molar-refractivity contribution is 6.02. The number of nitrogens with two attached hydrogens (primary N) is 1. The fraction of sp³-hybridized carbons (Fsp3) is 0.667. The van der Waals surface area contributed by atoms with Crippen molar-refractivity contribution in [1.82, 2.24) is 14.9 Å². The average Bonchev–Trinajstić information content (AvgIpc) is 3.06. The van der Waals surface area contributed by atoms with Gasteiger partial charge in [0.05, 0.1) is 6.42 Å². The van der Waals surface area contributed by atoms with Crippen LogP contribution in [0.2, 0.25) is 0 Å². The van der Waals surface area contributed by atoms with Crippen LogP contribution in [0.5, 0.6) is 0 Å². The van der Waals surface area contributed by atoms with E-state index >= 15 is 0 Å². The number of nitrogen functional groups attached to an aromatic ring is 1. The van der Waals surface area contributed by atoms with E-state index in [1.165, 1.54) is 6.33 Å². The molecule has 0 atom stereocenters. The number of hydrogen-bond donors (Lipinski definition) is 1. The largest absolute Gasteiger partial charge is 0.444 e. The molecule has 1 saturated heterocycles. The molecule has 0 radical (unpaired) electrons. The Morgan fingerprint density at radius 3 is 2.77 bits per heavy atom. The summed E-state index contributed by atoms with van der Waals surface area (Å²) in [5.74, 6) is 1.08. The van der Waals surface area contributed by atoms with Gasteiger partial charge in [-0.3, -0.25) is 9.69 Å². The highest BCUT2D eigenvalue weighted by atomic mass is 16.6. The third-order valence-electron chi connectivity index (χ3n) is 5.57. The van der Waals surface area contributed by atoms with Crippen molar-refractivity contribution in [3.05, 3.63) is 11.9 Å². The van der Waals surface area contributed by atoms with Crippen LogP contribution in [-0.4, -0.2) is 51.6 Å². The highest BCUT2D eigenvalue weighted by Gasteiger charge is 2.54. The van der Waals surface area contributed by atoms with Crippen LogP contribution in [-0.2, 0) is 16.0 Å². The topological polar surface area (TPSA) is 102 Å². The van der Waals surface area contributed by atoms with E-state index in [0.717, 1.165) is 24.8 Å². The molecule has 4 rings (SSSR count). The van der Waals surface area contributed by atoms with E-state index in [-0.39, 0.29) is 29.9 Å². The van der Waals surface area contributed by atoms with Crippen molar-refractivity contribution < 1.29 is 14.3 Å². The van der Waals surface area contributed by atoms with Crippen molar-refractivity contribution in [3.63, 3.8) is 0 Å². The number of hydrogen-bond acceptors (Lipinski definition) is 6. The average molecular weight is 359 g/mol. The molecule has 1 spiro atoms. The van der Waals surface area contributed by atoms with Crippen molar-refractivity contribution in [2.24, 2.45) is 5.41 Å². The maximum atomic E-state index is 12.5. The van der Waals surface area contributed by atoms with Gasteiger partial charge in [0.1, 0.15) is 23.6 Å². The van der Waals surface area contributed by atoms with Gasteiger partial charge < -0.3 is 15.4 Å². The molecule has 26 heavy (non-hydrogen) atoms. The second-order valence-corrected chi connectivity index (χ2v) is 8.72. The van der Waals surface area contributed by atoms with E-state index in [2.05, 4.69) is 9.97 Å². The third-order valence-corrected chi connectivity index (χ3v) is 5.57. The number of likely N-dealkylation sites (tertiary alicyclic amines) is 1. The maximum Gasteiger partial charge on any atom is 0.410 e. The molecule has 3 heterocycles. The van der Waals surface area contributed by atoms with E-state index in [9.17, 15) is 9.59 Å². The molecule has 2 N–H and O–H groups in total. The van der Waals surface area contributed by atoms with E-state index in [4.69, 9.17) is 10.5 Å². The summed E-state index contributed by atoms with van der Waals surface area (Å²) in [5, 5.41) is 0. The van der Waals surface area contributed by atoms with Crippen LogP contribution in [0.3, 0.4) is 0 Å². The minimum atomic E-state index is -0.486. The van der Waals surface area contributed by atoms with Crippen molar-refractivity contribution in [3.8, 4) is 0 Å². The molecule has 1 saturated carbocycles. The molecular formula is C18H25N5O3. The third kappa shape index (κ3) is 2.77. The van der Waals surface area contributed by atoms with E-state index < -0.39 is 5.60 Å². The molecule has 3 aliphatic rings. The lowest BCUT2D eigenvalue weighted by molar-refractivity contribution is -0.118. The fourth-order valence-electron chi connectivity index (χ4n) is 4.40. The molecule has 8 heteroatoms. The Morgan fingerprint density at radius 2 is 2.08 bits per heavy atom. The van der Waals surface area contributed by atoms with Gasteiger partial charge >= 0.3 is 6.09 Å². The van der Waals surface area contributed by atoms with Crippen molar-refractivity contribution in [2.45, 2.75) is 58.1 Å². The predicted octanol–water partition coefficient (Wildman–Crippen LogP) is 1.74. The Labute approximate surface area is 152 Å². The van der Waals surface area contributed by atoms with Gasteiger partial charge in [0.15, 0.2) is 0 Å². The number of amides is 2. The molecule has 2 aliphatic heterocycles. The zero-order valence-electron chi connectivity index (χ0n) is 15.5. The molecule has 2 fully saturated rings. The number of rotatable bonds is 1. The van der Waals surface area contributed by atoms with Gasteiger partial charge in [0.2, 0.25) is 5.91 Å². The Balaban J connectivity index is 1.42. The number of nitrogens with zero attached hydrogens (tertiary/aromatic N) is 4. The van der Waals surface area contributed by atoms with Gasteiger partial charge in [-0.25, -0.2) is 14.8 Å². The zero-order valence-corrected chi connectivity index (χ0v) is 15.5. The first kappa shape index (κ1) is 17.1.